The van der Waals surface area contributed by atoms with E-state index in [0.29, 0.717) is 31.9 Å². The maximum Gasteiger partial charge on any atom is 0.260 e. The fraction of sp³-hybridized carbons (Fsp3) is 0.409. The molecule has 2 aliphatic rings. The second kappa shape index (κ2) is 7.99. The molecule has 4 nitrogen and oxygen atoms in total. The summed E-state index contributed by atoms with van der Waals surface area (Å²) in [6.45, 7) is 2.48. The lowest BCUT2D eigenvalue weighted by Gasteiger charge is -2.36. The highest BCUT2D eigenvalue weighted by Crippen LogP contribution is 2.25. The Bertz CT molecular complexity index is 816. The van der Waals surface area contributed by atoms with Crippen LogP contribution in [0, 0.1) is 5.82 Å². The maximum atomic E-state index is 13.9. The molecule has 1 aliphatic heterocycles. The van der Waals surface area contributed by atoms with Crippen molar-refractivity contribution in [2.24, 2.45) is 0 Å². The van der Waals surface area contributed by atoms with Crippen LogP contribution < -0.4 is 9.64 Å². The number of halogens is 1. The molecule has 5 heteroatoms. The number of ether oxygens (including phenoxy) is 1. The molecule has 2 aromatic carbocycles. The lowest BCUT2D eigenvalue weighted by Crippen LogP contribution is -2.50. The van der Waals surface area contributed by atoms with Gasteiger partial charge >= 0.3 is 0 Å². The van der Waals surface area contributed by atoms with Crippen molar-refractivity contribution in [3.05, 3.63) is 59.4 Å². The molecule has 0 N–H and O–H groups in total. The predicted octanol–water partition coefficient (Wildman–Crippen LogP) is 3.43. The average molecular weight is 368 g/mol. The number of amides is 1. The number of para-hydroxylation sites is 1. The smallest absolute Gasteiger partial charge is 0.260 e. The number of rotatable bonds is 4. The predicted molar refractivity (Wildman–Crippen MR) is 104 cm³/mol. The van der Waals surface area contributed by atoms with Gasteiger partial charge < -0.3 is 14.5 Å². The Balaban J connectivity index is 1.29. The Kier molecular flexibility index (Phi) is 5.28. The number of nitrogens with zero attached hydrogens (tertiary/aromatic N) is 2. The van der Waals surface area contributed by atoms with Gasteiger partial charge in [0.1, 0.15) is 11.6 Å². The summed E-state index contributed by atoms with van der Waals surface area (Å²) in [6, 6.07) is 13.0. The molecule has 1 amide bonds. The van der Waals surface area contributed by atoms with Crippen molar-refractivity contribution in [2.45, 2.75) is 25.7 Å². The summed E-state index contributed by atoms with van der Waals surface area (Å²) in [5.74, 6) is 0.544. The number of benzene rings is 2. The van der Waals surface area contributed by atoms with Crippen molar-refractivity contribution in [3.8, 4) is 5.75 Å². The van der Waals surface area contributed by atoms with Crippen molar-refractivity contribution in [1.82, 2.24) is 4.90 Å². The molecule has 0 aromatic heterocycles. The summed E-state index contributed by atoms with van der Waals surface area (Å²) in [5.41, 5.74) is 3.36. The number of anilines is 1. The number of carbonyl (C=O) groups excluding carboxylic acids is 1. The van der Waals surface area contributed by atoms with E-state index in [1.807, 2.05) is 17.0 Å². The van der Waals surface area contributed by atoms with Crippen LogP contribution in [-0.4, -0.2) is 43.6 Å². The Morgan fingerprint density at radius 1 is 0.963 bits per heavy atom. The standard InChI is InChI=1S/C22H25FN2O2/c23-20-7-3-4-8-21(20)24-11-13-25(14-12-24)22(26)16-27-19-10-9-17-5-1-2-6-18(17)15-19/h3-4,7-10,15H,1-2,5-6,11-14,16H2. The van der Waals surface area contributed by atoms with Gasteiger partial charge in [-0.25, -0.2) is 4.39 Å². The van der Waals surface area contributed by atoms with Gasteiger partial charge in [-0.2, -0.15) is 0 Å². The van der Waals surface area contributed by atoms with Gasteiger partial charge in [0.25, 0.3) is 5.91 Å². The van der Waals surface area contributed by atoms with E-state index in [-0.39, 0.29) is 18.3 Å². The monoisotopic (exact) mass is 368 g/mol. The molecule has 1 heterocycles. The van der Waals surface area contributed by atoms with Gasteiger partial charge in [-0.3, -0.25) is 4.79 Å². The molecule has 2 aromatic rings. The molecular formula is C22H25FN2O2. The molecule has 27 heavy (non-hydrogen) atoms. The minimum atomic E-state index is -0.215. The number of fused-ring (bicyclic) bond motifs is 1. The fourth-order valence-corrected chi connectivity index (χ4v) is 3.94. The van der Waals surface area contributed by atoms with Crippen LogP contribution in [0.3, 0.4) is 0 Å². The zero-order valence-electron chi connectivity index (χ0n) is 15.5. The van der Waals surface area contributed by atoms with Crippen molar-refractivity contribution in [1.29, 1.82) is 0 Å². The largest absolute Gasteiger partial charge is 0.484 e. The van der Waals surface area contributed by atoms with E-state index >= 15 is 0 Å². The summed E-state index contributed by atoms with van der Waals surface area (Å²) in [7, 11) is 0. The molecular weight excluding hydrogens is 343 g/mol. The van der Waals surface area contributed by atoms with Crippen LogP contribution in [0.5, 0.6) is 5.75 Å². The van der Waals surface area contributed by atoms with E-state index in [0.717, 1.165) is 18.6 Å². The highest BCUT2D eigenvalue weighted by atomic mass is 19.1. The maximum absolute atomic E-state index is 13.9. The fourth-order valence-electron chi connectivity index (χ4n) is 3.94. The minimum Gasteiger partial charge on any atom is -0.484 e. The SMILES string of the molecule is O=C(COc1ccc2c(c1)CCCC2)N1CCN(c2ccccc2F)CC1. The van der Waals surface area contributed by atoms with E-state index in [4.69, 9.17) is 4.74 Å². The van der Waals surface area contributed by atoms with Crippen LogP contribution in [0.2, 0.25) is 0 Å². The molecule has 0 unspecified atom stereocenters. The molecule has 1 aliphatic carbocycles. The summed E-state index contributed by atoms with van der Waals surface area (Å²) in [4.78, 5) is 16.3. The van der Waals surface area contributed by atoms with Gasteiger partial charge in [0.05, 0.1) is 5.69 Å². The third kappa shape index (κ3) is 4.07. The van der Waals surface area contributed by atoms with Gasteiger partial charge in [-0.05, 0) is 61.1 Å². The third-order valence-corrected chi connectivity index (χ3v) is 5.51. The summed E-state index contributed by atoms with van der Waals surface area (Å²) in [6.07, 6.45) is 4.71. The van der Waals surface area contributed by atoms with Gasteiger partial charge in [-0.1, -0.05) is 18.2 Å². The number of carbonyl (C=O) groups is 1. The van der Waals surface area contributed by atoms with Crippen molar-refractivity contribution in [2.75, 3.05) is 37.7 Å². The van der Waals surface area contributed by atoms with E-state index in [1.165, 1.54) is 30.0 Å². The summed E-state index contributed by atoms with van der Waals surface area (Å²) in [5, 5.41) is 0. The Labute approximate surface area is 159 Å². The Hall–Kier alpha value is -2.56. The van der Waals surface area contributed by atoms with Crippen molar-refractivity contribution in [3.63, 3.8) is 0 Å². The van der Waals surface area contributed by atoms with Crippen LogP contribution in [0.15, 0.2) is 42.5 Å². The van der Waals surface area contributed by atoms with E-state index < -0.39 is 0 Å². The van der Waals surface area contributed by atoms with Crippen LogP contribution in [0.1, 0.15) is 24.0 Å². The van der Waals surface area contributed by atoms with E-state index in [1.54, 1.807) is 17.0 Å². The molecule has 1 saturated heterocycles. The lowest BCUT2D eigenvalue weighted by molar-refractivity contribution is -0.133. The molecule has 4 rings (SSSR count). The number of hydrogen-bond acceptors (Lipinski definition) is 3. The zero-order chi connectivity index (χ0) is 18.6. The topological polar surface area (TPSA) is 32.8 Å². The molecule has 0 saturated carbocycles. The molecule has 0 bridgehead atoms. The summed E-state index contributed by atoms with van der Waals surface area (Å²) < 4.78 is 19.7. The minimum absolute atomic E-state index is 0.0131. The van der Waals surface area contributed by atoms with Gasteiger partial charge in [0.15, 0.2) is 6.61 Å². The lowest BCUT2D eigenvalue weighted by atomic mass is 9.92. The number of hydrogen-bond donors (Lipinski definition) is 0. The zero-order valence-corrected chi connectivity index (χ0v) is 15.5. The van der Waals surface area contributed by atoms with Crippen LogP contribution >= 0.6 is 0 Å². The van der Waals surface area contributed by atoms with Crippen molar-refractivity contribution >= 4 is 11.6 Å². The van der Waals surface area contributed by atoms with Gasteiger partial charge in [-0.15, -0.1) is 0 Å². The highest BCUT2D eigenvalue weighted by Gasteiger charge is 2.23. The number of piperazine rings is 1. The van der Waals surface area contributed by atoms with Crippen molar-refractivity contribution < 1.29 is 13.9 Å². The highest BCUT2D eigenvalue weighted by molar-refractivity contribution is 5.78. The second-order valence-electron chi connectivity index (χ2n) is 7.25. The van der Waals surface area contributed by atoms with Crippen LogP contribution in [0.25, 0.3) is 0 Å². The van der Waals surface area contributed by atoms with E-state index in [9.17, 15) is 9.18 Å². The Morgan fingerprint density at radius 2 is 1.70 bits per heavy atom. The third-order valence-electron chi connectivity index (χ3n) is 5.51. The molecule has 0 spiro atoms. The first kappa shape index (κ1) is 17.8. The van der Waals surface area contributed by atoms with Crippen LogP contribution in [-0.2, 0) is 17.6 Å². The first-order chi connectivity index (χ1) is 13.2. The second-order valence-corrected chi connectivity index (χ2v) is 7.25. The first-order valence-electron chi connectivity index (χ1n) is 9.72. The molecule has 1 fully saturated rings. The normalized spacial score (nSPS) is 16.8. The average Bonchev–Trinajstić information content (AvgIpc) is 2.72. The number of aryl methyl sites for hydroxylation is 2. The summed E-state index contributed by atoms with van der Waals surface area (Å²) >= 11 is 0. The van der Waals surface area contributed by atoms with E-state index in [2.05, 4.69) is 12.1 Å². The first-order valence-corrected chi connectivity index (χ1v) is 9.72. The molecule has 0 atom stereocenters. The molecule has 142 valence electrons. The molecule has 0 radical (unpaired) electrons. The van der Waals surface area contributed by atoms with Gasteiger partial charge in [0.2, 0.25) is 0 Å². The van der Waals surface area contributed by atoms with Gasteiger partial charge in [0, 0.05) is 26.2 Å². The van der Waals surface area contributed by atoms with Crippen LogP contribution in [0.4, 0.5) is 10.1 Å². The Morgan fingerprint density at radius 3 is 2.48 bits per heavy atom. The quantitative estimate of drug-likeness (QED) is 0.829.